The molecule has 4 aromatic carbocycles. The molecule has 0 bridgehead atoms. The summed E-state index contributed by atoms with van der Waals surface area (Å²) in [7, 11) is 3.34. The summed E-state index contributed by atoms with van der Waals surface area (Å²) >= 11 is 0. The van der Waals surface area contributed by atoms with Crippen LogP contribution >= 0.6 is 0 Å². The molecule has 0 aliphatic heterocycles. The lowest BCUT2D eigenvalue weighted by Crippen LogP contribution is -2.15. The molecule has 0 saturated heterocycles. The van der Waals surface area contributed by atoms with Crippen LogP contribution in [-0.2, 0) is 0 Å². The topological polar surface area (TPSA) is 34.1 Å². The molecule has 4 aromatic rings. The number of aryl methyl sites for hydroxylation is 1. The van der Waals surface area contributed by atoms with E-state index < -0.39 is 0 Å². The highest BCUT2D eigenvalue weighted by Crippen LogP contribution is 2.28. The van der Waals surface area contributed by atoms with Crippen molar-refractivity contribution >= 4 is 17.1 Å². The van der Waals surface area contributed by atoms with Gasteiger partial charge < -0.3 is 9.47 Å². The molecule has 4 nitrogen and oxygen atoms in total. The van der Waals surface area contributed by atoms with E-state index in [2.05, 4.69) is 43.3 Å². The molecule has 0 fully saturated rings. The SMILES string of the molecule is COc1ccc(C(=NN(c2ccccc2)c2ccc(C)cc2)c2ccc(OC)cc2)cc1. The Balaban J connectivity index is 1.88. The summed E-state index contributed by atoms with van der Waals surface area (Å²) < 4.78 is 10.7. The lowest BCUT2D eigenvalue weighted by Gasteiger charge is -2.22. The van der Waals surface area contributed by atoms with Crippen LogP contribution in [0.15, 0.2) is 108 Å². The third kappa shape index (κ3) is 4.81. The van der Waals surface area contributed by atoms with Crippen LogP contribution in [0.4, 0.5) is 11.4 Å². The Labute approximate surface area is 189 Å². The molecule has 0 N–H and O–H groups in total. The van der Waals surface area contributed by atoms with Crippen LogP contribution < -0.4 is 14.5 Å². The first-order valence-corrected chi connectivity index (χ1v) is 10.5. The average Bonchev–Trinajstić information content (AvgIpc) is 2.86. The molecule has 0 heterocycles. The van der Waals surface area contributed by atoms with E-state index >= 15 is 0 Å². The van der Waals surface area contributed by atoms with E-state index in [1.54, 1.807) is 14.2 Å². The summed E-state index contributed by atoms with van der Waals surface area (Å²) in [5.41, 5.74) is 6.00. The Hall–Kier alpha value is -4.05. The van der Waals surface area contributed by atoms with Crippen molar-refractivity contribution in [1.29, 1.82) is 0 Å². The molecule has 4 heteroatoms. The quantitative estimate of drug-likeness (QED) is 0.248. The summed E-state index contributed by atoms with van der Waals surface area (Å²) in [5.74, 6) is 1.61. The maximum atomic E-state index is 5.35. The second-order valence-corrected chi connectivity index (χ2v) is 7.39. The lowest BCUT2D eigenvalue weighted by molar-refractivity contribution is 0.414. The highest BCUT2D eigenvalue weighted by Gasteiger charge is 2.14. The fourth-order valence-corrected chi connectivity index (χ4v) is 3.40. The van der Waals surface area contributed by atoms with Crippen molar-refractivity contribution in [2.45, 2.75) is 6.92 Å². The minimum Gasteiger partial charge on any atom is -0.497 e. The van der Waals surface area contributed by atoms with Gasteiger partial charge in [0.25, 0.3) is 0 Å². The predicted molar refractivity (Wildman–Crippen MR) is 131 cm³/mol. The highest BCUT2D eigenvalue weighted by atomic mass is 16.5. The van der Waals surface area contributed by atoms with Crippen molar-refractivity contribution in [3.05, 3.63) is 120 Å². The molecule has 4 rings (SSSR count). The van der Waals surface area contributed by atoms with Crippen molar-refractivity contribution < 1.29 is 9.47 Å². The zero-order valence-corrected chi connectivity index (χ0v) is 18.5. The molecule has 0 unspecified atom stereocenters. The Morgan fingerprint density at radius 1 is 0.594 bits per heavy atom. The summed E-state index contributed by atoms with van der Waals surface area (Å²) in [5, 5.41) is 7.14. The number of benzene rings is 4. The van der Waals surface area contributed by atoms with Gasteiger partial charge in [0.05, 0.1) is 31.3 Å². The largest absolute Gasteiger partial charge is 0.497 e. The van der Waals surface area contributed by atoms with Gasteiger partial charge in [-0.1, -0.05) is 35.9 Å². The first-order valence-electron chi connectivity index (χ1n) is 10.5. The van der Waals surface area contributed by atoms with Crippen LogP contribution in [0.25, 0.3) is 0 Å². The van der Waals surface area contributed by atoms with Crippen LogP contribution in [0, 0.1) is 6.92 Å². The van der Waals surface area contributed by atoms with Crippen LogP contribution in [0.2, 0.25) is 0 Å². The highest BCUT2D eigenvalue weighted by molar-refractivity contribution is 6.13. The van der Waals surface area contributed by atoms with Gasteiger partial charge in [-0.3, -0.25) is 0 Å². The van der Waals surface area contributed by atoms with Gasteiger partial charge in [-0.15, -0.1) is 0 Å². The number of nitrogens with zero attached hydrogens (tertiary/aromatic N) is 2. The van der Waals surface area contributed by atoms with E-state index in [-0.39, 0.29) is 0 Å². The Kier molecular flexibility index (Phi) is 6.52. The molecule has 0 aliphatic rings. The first kappa shape index (κ1) is 21.2. The minimum absolute atomic E-state index is 0.807. The number of rotatable bonds is 7. The van der Waals surface area contributed by atoms with Crippen LogP contribution in [-0.4, -0.2) is 19.9 Å². The molecule has 0 radical (unpaired) electrons. The summed E-state index contributed by atoms with van der Waals surface area (Å²) in [6.07, 6.45) is 0. The van der Waals surface area contributed by atoms with Crippen molar-refractivity contribution in [1.82, 2.24) is 0 Å². The number of methoxy groups -OCH3 is 2. The van der Waals surface area contributed by atoms with E-state index in [1.165, 1.54) is 5.56 Å². The Morgan fingerprint density at radius 3 is 1.53 bits per heavy atom. The fraction of sp³-hybridized carbons (Fsp3) is 0.107. The number of para-hydroxylation sites is 1. The molecule has 0 atom stereocenters. The zero-order valence-electron chi connectivity index (χ0n) is 18.5. The van der Waals surface area contributed by atoms with Gasteiger partial charge in [-0.25, -0.2) is 5.01 Å². The average molecular weight is 423 g/mol. The monoisotopic (exact) mass is 422 g/mol. The smallest absolute Gasteiger partial charge is 0.118 e. The number of anilines is 2. The Morgan fingerprint density at radius 2 is 1.06 bits per heavy atom. The summed E-state index contributed by atoms with van der Waals surface area (Å²) in [4.78, 5) is 0. The Bertz CT molecular complexity index is 1120. The number of hydrogen-bond donors (Lipinski definition) is 0. The van der Waals surface area contributed by atoms with Crippen molar-refractivity contribution in [2.75, 3.05) is 19.2 Å². The molecular weight excluding hydrogens is 396 g/mol. The maximum absolute atomic E-state index is 5.35. The van der Waals surface area contributed by atoms with E-state index in [0.717, 1.165) is 39.7 Å². The molecular formula is C28H26N2O2. The number of hydrogen-bond acceptors (Lipinski definition) is 4. The third-order valence-corrected chi connectivity index (χ3v) is 5.21. The standard InChI is InChI=1S/C28H26N2O2/c1-21-9-15-25(16-10-21)30(24-7-5-4-6-8-24)29-28(22-11-17-26(31-2)18-12-22)23-13-19-27(32-3)20-14-23/h4-20H,1-3H3. The second kappa shape index (κ2) is 9.84. The fourth-order valence-electron chi connectivity index (χ4n) is 3.40. The first-order chi connectivity index (χ1) is 15.7. The second-order valence-electron chi connectivity index (χ2n) is 7.39. The molecule has 0 spiro atoms. The van der Waals surface area contributed by atoms with Gasteiger partial charge in [0.15, 0.2) is 0 Å². The van der Waals surface area contributed by atoms with Gasteiger partial charge in [0.1, 0.15) is 11.5 Å². The van der Waals surface area contributed by atoms with E-state index in [9.17, 15) is 0 Å². The zero-order chi connectivity index (χ0) is 22.3. The molecule has 0 amide bonds. The summed E-state index contributed by atoms with van der Waals surface area (Å²) in [6, 6.07) is 34.5. The van der Waals surface area contributed by atoms with Crippen molar-refractivity contribution in [2.24, 2.45) is 5.10 Å². The van der Waals surface area contributed by atoms with Gasteiger partial charge in [-0.2, -0.15) is 5.10 Å². The van der Waals surface area contributed by atoms with E-state index in [4.69, 9.17) is 14.6 Å². The predicted octanol–water partition coefficient (Wildman–Crippen LogP) is 6.60. The van der Waals surface area contributed by atoms with Crippen molar-refractivity contribution in [3.8, 4) is 11.5 Å². The number of ether oxygens (including phenoxy) is 2. The van der Waals surface area contributed by atoms with E-state index in [1.807, 2.05) is 71.7 Å². The lowest BCUT2D eigenvalue weighted by atomic mass is 10.0. The maximum Gasteiger partial charge on any atom is 0.118 e. The number of hydrazone groups is 1. The molecule has 0 aromatic heterocycles. The molecule has 160 valence electrons. The molecule has 32 heavy (non-hydrogen) atoms. The van der Waals surface area contributed by atoms with Gasteiger partial charge in [-0.05, 0) is 79.7 Å². The van der Waals surface area contributed by atoms with Crippen molar-refractivity contribution in [3.63, 3.8) is 0 Å². The van der Waals surface area contributed by atoms with Crippen LogP contribution in [0.3, 0.4) is 0 Å². The van der Waals surface area contributed by atoms with Gasteiger partial charge >= 0.3 is 0 Å². The minimum atomic E-state index is 0.807. The van der Waals surface area contributed by atoms with Gasteiger partial charge in [0.2, 0.25) is 0 Å². The van der Waals surface area contributed by atoms with E-state index in [0.29, 0.717) is 0 Å². The third-order valence-electron chi connectivity index (χ3n) is 5.21. The summed E-state index contributed by atoms with van der Waals surface area (Å²) in [6.45, 7) is 2.08. The normalized spacial score (nSPS) is 10.3. The van der Waals surface area contributed by atoms with Crippen LogP contribution in [0.5, 0.6) is 11.5 Å². The molecule has 0 aliphatic carbocycles. The van der Waals surface area contributed by atoms with Gasteiger partial charge in [0, 0.05) is 11.1 Å². The van der Waals surface area contributed by atoms with Crippen LogP contribution in [0.1, 0.15) is 16.7 Å². The molecule has 0 saturated carbocycles.